The van der Waals surface area contributed by atoms with Crippen LogP contribution < -0.4 is 9.62 Å². The van der Waals surface area contributed by atoms with Crippen LogP contribution in [-0.2, 0) is 32.6 Å². The Morgan fingerprint density at radius 2 is 1.50 bits per heavy atom. The van der Waals surface area contributed by atoms with E-state index in [1.54, 1.807) is 30.3 Å². The summed E-state index contributed by atoms with van der Waals surface area (Å²) in [6.45, 7) is -0.779. The van der Waals surface area contributed by atoms with Gasteiger partial charge in [-0.15, -0.1) is 0 Å². The van der Waals surface area contributed by atoms with Gasteiger partial charge in [0.1, 0.15) is 18.4 Å². The van der Waals surface area contributed by atoms with Crippen LogP contribution in [0.15, 0.2) is 108 Å². The number of likely N-dealkylation sites (N-methyl/N-ethyl adjacent to an activating group) is 1. The summed E-state index contributed by atoms with van der Waals surface area (Å²) in [4.78, 5) is 28.7. The molecule has 0 radical (unpaired) electrons. The maximum atomic E-state index is 14.2. The molecular formula is C31H28Cl2FN3O4S. The molecule has 1 atom stereocenters. The van der Waals surface area contributed by atoms with Crippen molar-refractivity contribution < 1.29 is 22.4 Å². The molecule has 218 valence electrons. The van der Waals surface area contributed by atoms with Crippen molar-refractivity contribution in [2.24, 2.45) is 0 Å². The zero-order chi connectivity index (χ0) is 30.3. The summed E-state index contributed by atoms with van der Waals surface area (Å²) in [7, 11) is -2.81. The molecule has 0 aliphatic heterocycles. The Bertz CT molecular complexity index is 1640. The second-order valence-corrected chi connectivity index (χ2v) is 12.1. The molecule has 2 amide bonds. The molecule has 0 aromatic heterocycles. The van der Waals surface area contributed by atoms with Gasteiger partial charge in [0, 0.05) is 30.1 Å². The number of amides is 2. The van der Waals surface area contributed by atoms with Gasteiger partial charge in [-0.1, -0.05) is 77.8 Å². The average Bonchev–Trinajstić information content (AvgIpc) is 2.99. The van der Waals surface area contributed by atoms with E-state index in [1.165, 1.54) is 42.3 Å². The third-order valence-corrected chi connectivity index (χ3v) is 8.97. The number of halogens is 3. The maximum absolute atomic E-state index is 14.2. The molecule has 11 heteroatoms. The molecule has 0 heterocycles. The number of hydrogen-bond donors (Lipinski definition) is 1. The quantitative estimate of drug-likeness (QED) is 0.231. The molecule has 0 saturated carbocycles. The van der Waals surface area contributed by atoms with Gasteiger partial charge in [0.15, 0.2) is 0 Å². The highest BCUT2D eigenvalue weighted by atomic mass is 35.5. The number of carbonyl (C=O) groups is 2. The van der Waals surface area contributed by atoms with Crippen LogP contribution in [0.3, 0.4) is 0 Å². The molecule has 0 aliphatic carbocycles. The largest absolute Gasteiger partial charge is 0.357 e. The van der Waals surface area contributed by atoms with E-state index in [0.29, 0.717) is 10.6 Å². The summed E-state index contributed by atoms with van der Waals surface area (Å²) in [5.74, 6) is -1.69. The maximum Gasteiger partial charge on any atom is 0.264 e. The first-order valence-corrected chi connectivity index (χ1v) is 15.1. The van der Waals surface area contributed by atoms with Crippen molar-refractivity contribution >= 4 is 50.7 Å². The van der Waals surface area contributed by atoms with Crippen LogP contribution >= 0.6 is 23.2 Å². The lowest BCUT2D eigenvalue weighted by molar-refractivity contribution is -0.139. The summed E-state index contributed by atoms with van der Waals surface area (Å²) in [6.07, 6.45) is 0.152. The number of benzene rings is 4. The molecule has 0 aliphatic rings. The van der Waals surface area contributed by atoms with Crippen LogP contribution in [0.25, 0.3) is 0 Å². The predicted octanol–water partition coefficient (Wildman–Crippen LogP) is 5.71. The molecule has 4 rings (SSSR count). The van der Waals surface area contributed by atoms with E-state index in [0.717, 1.165) is 22.0 Å². The number of sulfonamides is 1. The van der Waals surface area contributed by atoms with Crippen LogP contribution in [0.4, 0.5) is 10.1 Å². The summed E-state index contributed by atoms with van der Waals surface area (Å²) >= 11 is 12.5. The van der Waals surface area contributed by atoms with Crippen molar-refractivity contribution in [3.63, 3.8) is 0 Å². The van der Waals surface area contributed by atoms with Gasteiger partial charge < -0.3 is 10.2 Å². The van der Waals surface area contributed by atoms with E-state index >= 15 is 0 Å². The Balaban J connectivity index is 1.79. The third-order valence-electron chi connectivity index (χ3n) is 6.60. The number of nitrogens with zero attached hydrogens (tertiary/aromatic N) is 2. The van der Waals surface area contributed by atoms with Gasteiger partial charge in [-0.25, -0.2) is 12.8 Å². The smallest absolute Gasteiger partial charge is 0.264 e. The highest BCUT2D eigenvalue weighted by Crippen LogP contribution is 2.27. The first-order valence-electron chi connectivity index (χ1n) is 12.9. The van der Waals surface area contributed by atoms with E-state index in [2.05, 4.69) is 5.32 Å². The van der Waals surface area contributed by atoms with Crippen molar-refractivity contribution in [2.45, 2.75) is 23.9 Å². The third kappa shape index (κ3) is 7.47. The van der Waals surface area contributed by atoms with Gasteiger partial charge in [0.2, 0.25) is 11.8 Å². The summed E-state index contributed by atoms with van der Waals surface area (Å²) < 4.78 is 42.4. The van der Waals surface area contributed by atoms with Gasteiger partial charge in [-0.05, 0) is 59.7 Å². The molecule has 0 bridgehead atoms. The Morgan fingerprint density at radius 1 is 0.881 bits per heavy atom. The summed E-state index contributed by atoms with van der Waals surface area (Å²) in [6, 6.07) is 25.3. The lowest BCUT2D eigenvalue weighted by Gasteiger charge is -2.33. The number of nitrogens with one attached hydrogen (secondary N) is 1. The van der Waals surface area contributed by atoms with Gasteiger partial charge in [0.25, 0.3) is 10.0 Å². The topological polar surface area (TPSA) is 86.8 Å². The molecule has 42 heavy (non-hydrogen) atoms. The highest BCUT2D eigenvalue weighted by molar-refractivity contribution is 7.92. The van der Waals surface area contributed by atoms with Crippen LogP contribution in [-0.4, -0.2) is 44.8 Å². The zero-order valence-corrected chi connectivity index (χ0v) is 24.9. The Labute approximate surface area is 254 Å². The van der Waals surface area contributed by atoms with Crippen molar-refractivity contribution in [1.82, 2.24) is 10.2 Å². The fourth-order valence-corrected chi connectivity index (χ4v) is 6.31. The van der Waals surface area contributed by atoms with Crippen molar-refractivity contribution in [3.05, 3.63) is 130 Å². The number of rotatable bonds is 11. The second kappa shape index (κ2) is 13.8. The minimum Gasteiger partial charge on any atom is -0.357 e. The molecular weight excluding hydrogens is 600 g/mol. The molecule has 1 N–H and O–H groups in total. The highest BCUT2D eigenvalue weighted by Gasteiger charge is 2.34. The van der Waals surface area contributed by atoms with Crippen molar-refractivity contribution in [3.8, 4) is 0 Å². The second-order valence-electron chi connectivity index (χ2n) is 9.38. The minimum absolute atomic E-state index is 0.0541. The van der Waals surface area contributed by atoms with Gasteiger partial charge in [-0.3, -0.25) is 13.9 Å². The standard InChI is InChI=1S/C31H28Cl2FN3O4S/c1-35-31(39)29(18-22-8-4-2-5-9-22)36(20-23-12-13-24(32)19-28(23)33)30(38)21-37(26-16-14-25(34)15-17-26)42(40,41)27-10-6-3-7-11-27/h2-17,19,29H,18,20-21H2,1H3,(H,35,39). The fourth-order valence-electron chi connectivity index (χ4n) is 4.41. The summed E-state index contributed by atoms with van der Waals surface area (Å²) in [5.41, 5.74) is 1.38. The fraction of sp³-hybridized carbons (Fsp3) is 0.161. The SMILES string of the molecule is CNC(=O)C(Cc1ccccc1)N(Cc1ccc(Cl)cc1Cl)C(=O)CN(c1ccc(F)cc1)S(=O)(=O)c1ccccc1. The van der Waals surface area contributed by atoms with E-state index in [-0.39, 0.29) is 28.6 Å². The van der Waals surface area contributed by atoms with Crippen LogP contribution in [0.1, 0.15) is 11.1 Å². The number of hydrogen-bond acceptors (Lipinski definition) is 4. The Morgan fingerprint density at radius 3 is 2.10 bits per heavy atom. The predicted molar refractivity (Wildman–Crippen MR) is 162 cm³/mol. The zero-order valence-electron chi connectivity index (χ0n) is 22.6. The molecule has 7 nitrogen and oxygen atoms in total. The normalized spacial score (nSPS) is 11.9. The van der Waals surface area contributed by atoms with E-state index in [4.69, 9.17) is 23.2 Å². The number of anilines is 1. The Hall–Kier alpha value is -3.92. The van der Waals surface area contributed by atoms with Gasteiger partial charge in [0.05, 0.1) is 10.6 Å². The van der Waals surface area contributed by atoms with E-state index in [9.17, 15) is 22.4 Å². The Kier molecular flexibility index (Phi) is 10.2. The molecule has 1 unspecified atom stereocenters. The van der Waals surface area contributed by atoms with Crippen LogP contribution in [0.2, 0.25) is 10.0 Å². The molecule has 0 saturated heterocycles. The van der Waals surface area contributed by atoms with Crippen molar-refractivity contribution in [2.75, 3.05) is 17.9 Å². The first kappa shape index (κ1) is 31.0. The van der Waals surface area contributed by atoms with Gasteiger partial charge >= 0.3 is 0 Å². The van der Waals surface area contributed by atoms with Gasteiger partial charge in [-0.2, -0.15) is 0 Å². The molecule has 4 aromatic rings. The van der Waals surface area contributed by atoms with E-state index < -0.39 is 40.2 Å². The first-order chi connectivity index (χ1) is 20.1. The van der Waals surface area contributed by atoms with Crippen LogP contribution in [0.5, 0.6) is 0 Å². The minimum atomic E-state index is -4.27. The van der Waals surface area contributed by atoms with E-state index in [1.807, 2.05) is 30.3 Å². The average molecular weight is 629 g/mol. The number of carbonyl (C=O) groups excluding carboxylic acids is 2. The van der Waals surface area contributed by atoms with Crippen LogP contribution in [0, 0.1) is 5.82 Å². The summed E-state index contributed by atoms with van der Waals surface area (Å²) in [5, 5.41) is 3.29. The molecule has 0 spiro atoms. The molecule has 4 aromatic carbocycles. The monoisotopic (exact) mass is 627 g/mol. The lowest BCUT2D eigenvalue weighted by atomic mass is 10.0. The molecule has 0 fully saturated rings. The van der Waals surface area contributed by atoms with Crippen molar-refractivity contribution in [1.29, 1.82) is 0 Å². The lowest BCUT2D eigenvalue weighted by Crippen LogP contribution is -2.53.